The average Bonchev–Trinajstić information content (AvgIpc) is 3.51. The third-order valence-electron chi connectivity index (χ3n) is 7.75. The van der Waals surface area contributed by atoms with Gasteiger partial charge in [-0.1, -0.05) is 13.8 Å². The number of nitrogens with zero attached hydrogens (tertiary/aromatic N) is 3. The molecule has 0 aliphatic carbocycles. The molecule has 6 aliphatic heterocycles. The fraction of sp³-hybridized carbons (Fsp3) is 0.875. The standard InChI is InChI=1S/C10H18N2O.2C7H12N2O4/c1-4-7-10-9(6(3)13-7)11-8(5-2)12-10;2*10-5-4-3(1-8-2-9-4)13-7(12)6(5)11/h6-7,9-10H,4-5H2,1-3H3,(H,11,12);2*2-7,10-12H,1H2,(H,8,9). The van der Waals surface area contributed by atoms with E-state index in [0.29, 0.717) is 31.3 Å². The number of hydrogen-bond acceptors (Lipinski definition) is 15. The van der Waals surface area contributed by atoms with Gasteiger partial charge in [-0.05, 0) is 13.3 Å². The second-order valence-corrected chi connectivity index (χ2v) is 10.3. The van der Waals surface area contributed by atoms with Crippen LogP contribution >= 0.6 is 0 Å². The van der Waals surface area contributed by atoms with Gasteiger partial charge in [-0.25, -0.2) is 0 Å². The van der Waals surface area contributed by atoms with E-state index < -0.39 is 49.1 Å². The lowest BCUT2D eigenvalue weighted by molar-refractivity contribution is -0.254. The summed E-state index contributed by atoms with van der Waals surface area (Å²) < 4.78 is 15.9. The molecule has 0 amide bonds. The minimum absolute atomic E-state index is 0.284. The van der Waals surface area contributed by atoms with Gasteiger partial charge in [0.05, 0.1) is 61.9 Å². The normalized spacial score (nSPS) is 47.4. The van der Waals surface area contributed by atoms with E-state index in [1.54, 1.807) is 0 Å². The minimum atomic E-state index is -1.33. The smallest absolute Gasteiger partial charge is 0.183 e. The van der Waals surface area contributed by atoms with Gasteiger partial charge in [0.25, 0.3) is 0 Å². The van der Waals surface area contributed by atoms with E-state index in [4.69, 9.17) is 14.2 Å². The monoisotopic (exact) mass is 558 g/mol. The van der Waals surface area contributed by atoms with Crippen molar-refractivity contribution >= 4 is 18.5 Å². The summed E-state index contributed by atoms with van der Waals surface area (Å²) in [5.41, 5.74) is 0. The average molecular weight is 559 g/mol. The number of aliphatic hydroxyl groups is 6. The van der Waals surface area contributed by atoms with Gasteiger partial charge < -0.3 is 60.8 Å². The Morgan fingerprint density at radius 1 is 0.769 bits per heavy atom. The number of aliphatic hydroxyl groups excluding tert-OH is 6. The maximum absolute atomic E-state index is 9.53. The zero-order valence-corrected chi connectivity index (χ0v) is 22.3. The first-order valence-corrected chi connectivity index (χ1v) is 13.5. The van der Waals surface area contributed by atoms with Crippen LogP contribution in [0.1, 0.15) is 33.6 Å². The van der Waals surface area contributed by atoms with Crippen molar-refractivity contribution in [2.75, 3.05) is 13.1 Å². The summed E-state index contributed by atoms with van der Waals surface area (Å²) in [5, 5.41) is 65.0. The predicted octanol–water partition coefficient (Wildman–Crippen LogP) is -3.82. The quantitative estimate of drug-likeness (QED) is 0.159. The molecule has 15 heteroatoms. The van der Waals surface area contributed by atoms with Crippen LogP contribution in [0.2, 0.25) is 0 Å². The highest BCUT2D eigenvalue weighted by atomic mass is 16.6. The van der Waals surface area contributed by atoms with Gasteiger partial charge in [-0.3, -0.25) is 15.0 Å². The van der Waals surface area contributed by atoms with Crippen molar-refractivity contribution in [1.29, 1.82) is 0 Å². The topological polar surface area (TPSA) is 222 Å². The van der Waals surface area contributed by atoms with Crippen LogP contribution in [0, 0.1) is 0 Å². The first-order chi connectivity index (χ1) is 18.7. The second kappa shape index (κ2) is 13.1. The summed E-state index contributed by atoms with van der Waals surface area (Å²) >= 11 is 0. The van der Waals surface area contributed by atoms with Crippen LogP contribution in [-0.2, 0) is 14.2 Å². The van der Waals surface area contributed by atoms with Crippen molar-refractivity contribution in [3.63, 3.8) is 0 Å². The van der Waals surface area contributed by atoms with Crippen molar-refractivity contribution in [1.82, 2.24) is 16.0 Å². The van der Waals surface area contributed by atoms with Crippen LogP contribution in [0.3, 0.4) is 0 Å². The SMILES string of the molecule is CCC1=NC2C(C)OC(CC)C2N1.OC1OC2CN=CNC2C(O)C1O.OC1OC2CN=CNC2C(O)C1O. The Kier molecular flexibility index (Phi) is 10.1. The van der Waals surface area contributed by atoms with Crippen LogP contribution < -0.4 is 16.0 Å². The number of fused-ring (bicyclic) bond motifs is 3. The molecular weight excluding hydrogens is 516 g/mol. The Hall–Kier alpha value is -1.95. The molecule has 0 spiro atoms. The summed E-state index contributed by atoms with van der Waals surface area (Å²) in [7, 11) is 0. The Labute approximate surface area is 227 Å². The minimum Gasteiger partial charge on any atom is -0.388 e. The molecule has 14 unspecified atom stereocenters. The third kappa shape index (κ3) is 6.52. The Morgan fingerprint density at radius 2 is 1.28 bits per heavy atom. The summed E-state index contributed by atoms with van der Waals surface area (Å²) in [6.07, 6.45) is -2.33. The molecule has 0 aromatic rings. The van der Waals surface area contributed by atoms with Crippen molar-refractivity contribution in [2.45, 2.75) is 119 Å². The van der Waals surface area contributed by atoms with Crippen LogP contribution in [0.4, 0.5) is 0 Å². The number of nitrogens with one attached hydrogen (secondary N) is 3. The summed E-state index contributed by atoms with van der Waals surface area (Å²) in [6, 6.07) is 0.0154. The molecule has 6 aliphatic rings. The lowest BCUT2D eigenvalue weighted by Gasteiger charge is -2.41. The van der Waals surface area contributed by atoms with Gasteiger partial charge >= 0.3 is 0 Å². The van der Waals surface area contributed by atoms with E-state index in [9.17, 15) is 30.6 Å². The fourth-order valence-electron chi connectivity index (χ4n) is 5.48. The van der Waals surface area contributed by atoms with E-state index in [1.807, 2.05) is 0 Å². The molecular formula is C24H42N6O9. The number of hydrogen-bond donors (Lipinski definition) is 9. The lowest BCUT2D eigenvalue weighted by atomic mass is 9.95. The Morgan fingerprint density at radius 3 is 1.74 bits per heavy atom. The maximum atomic E-state index is 9.53. The fourth-order valence-corrected chi connectivity index (χ4v) is 5.48. The zero-order chi connectivity index (χ0) is 28.3. The zero-order valence-electron chi connectivity index (χ0n) is 22.3. The van der Waals surface area contributed by atoms with Gasteiger partial charge in [0.1, 0.15) is 42.7 Å². The van der Waals surface area contributed by atoms with Crippen molar-refractivity contribution < 1.29 is 44.8 Å². The highest BCUT2D eigenvalue weighted by Gasteiger charge is 2.46. The molecule has 9 N–H and O–H groups in total. The Balaban J connectivity index is 0.000000136. The molecule has 0 bridgehead atoms. The molecule has 0 aromatic heterocycles. The van der Waals surface area contributed by atoms with Crippen LogP contribution in [0.15, 0.2) is 15.0 Å². The van der Waals surface area contributed by atoms with Crippen molar-refractivity contribution in [3.8, 4) is 0 Å². The summed E-state index contributed by atoms with van der Waals surface area (Å²) in [5.74, 6) is 1.16. The Bertz CT molecular complexity index is 850. The number of aliphatic imine (C=N–C) groups is 3. The first kappa shape index (κ1) is 30.0. The lowest BCUT2D eigenvalue weighted by Crippen LogP contribution is -2.64. The first-order valence-electron chi connectivity index (χ1n) is 13.5. The van der Waals surface area contributed by atoms with Gasteiger partial charge in [0.2, 0.25) is 0 Å². The highest BCUT2D eigenvalue weighted by Crippen LogP contribution is 2.29. The van der Waals surface area contributed by atoms with Gasteiger partial charge in [-0.15, -0.1) is 0 Å². The second-order valence-electron chi connectivity index (χ2n) is 10.3. The van der Waals surface area contributed by atoms with Crippen LogP contribution in [0.5, 0.6) is 0 Å². The summed E-state index contributed by atoms with van der Waals surface area (Å²) in [4.78, 5) is 12.4. The van der Waals surface area contributed by atoms with Crippen molar-refractivity contribution in [3.05, 3.63) is 0 Å². The largest absolute Gasteiger partial charge is 0.388 e. The molecule has 6 rings (SSSR count). The van der Waals surface area contributed by atoms with Gasteiger partial charge in [0.15, 0.2) is 12.6 Å². The molecule has 0 radical (unpaired) electrons. The molecule has 14 atom stereocenters. The van der Waals surface area contributed by atoms with Gasteiger partial charge in [0, 0.05) is 6.42 Å². The molecule has 0 saturated carbocycles. The number of ether oxygens (including phenoxy) is 3. The van der Waals surface area contributed by atoms with E-state index in [2.05, 4.69) is 51.7 Å². The molecule has 3 fully saturated rings. The molecule has 222 valence electrons. The molecule has 39 heavy (non-hydrogen) atoms. The molecule has 6 heterocycles. The third-order valence-corrected chi connectivity index (χ3v) is 7.75. The molecule has 3 saturated heterocycles. The highest BCUT2D eigenvalue weighted by molar-refractivity contribution is 5.84. The van der Waals surface area contributed by atoms with Crippen LogP contribution in [0.25, 0.3) is 0 Å². The summed E-state index contributed by atoms with van der Waals surface area (Å²) in [6.45, 7) is 7.21. The molecule has 0 aromatic carbocycles. The number of rotatable bonds is 2. The van der Waals surface area contributed by atoms with Crippen LogP contribution in [-0.4, -0.2) is 148 Å². The van der Waals surface area contributed by atoms with Gasteiger partial charge in [-0.2, -0.15) is 0 Å². The van der Waals surface area contributed by atoms with E-state index in [0.717, 1.165) is 18.7 Å². The molecule has 15 nitrogen and oxygen atoms in total. The van der Waals surface area contributed by atoms with Crippen molar-refractivity contribution in [2.24, 2.45) is 15.0 Å². The van der Waals surface area contributed by atoms with E-state index in [-0.39, 0.29) is 18.3 Å². The van der Waals surface area contributed by atoms with E-state index in [1.165, 1.54) is 12.7 Å². The van der Waals surface area contributed by atoms with E-state index >= 15 is 0 Å². The maximum Gasteiger partial charge on any atom is 0.183 e. The predicted molar refractivity (Wildman–Crippen MR) is 139 cm³/mol. The number of amidine groups is 1.